The van der Waals surface area contributed by atoms with E-state index in [1.165, 1.54) is 0 Å². The van der Waals surface area contributed by atoms with E-state index in [0.717, 1.165) is 23.0 Å². The first-order valence-corrected chi connectivity index (χ1v) is 8.17. The lowest BCUT2D eigenvalue weighted by atomic mass is 9.81. The van der Waals surface area contributed by atoms with Crippen LogP contribution in [0.25, 0.3) is 0 Å². The molecule has 23 heavy (non-hydrogen) atoms. The molecule has 0 heterocycles. The van der Waals surface area contributed by atoms with Gasteiger partial charge in [0, 0.05) is 17.4 Å². The molecule has 0 saturated carbocycles. The maximum atomic E-state index is 12.5. The van der Waals surface area contributed by atoms with Crippen LogP contribution in [-0.4, -0.2) is 12.1 Å². The molecule has 2 heteroatoms. The molecule has 0 radical (unpaired) electrons. The van der Waals surface area contributed by atoms with Gasteiger partial charge in [-0.1, -0.05) is 75.4 Å². The summed E-state index contributed by atoms with van der Waals surface area (Å²) >= 11 is 0. The van der Waals surface area contributed by atoms with Crippen molar-refractivity contribution in [2.45, 2.75) is 33.1 Å². The van der Waals surface area contributed by atoms with Gasteiger partial charge in [0.2, 0.25) is 0 Å². The van der Waals surface area contributed by atoms with Crippen LogP contribution in [0, 0.1) is 11.8 Å². The predicted octanol–water partition coefficient (Wildman–Crippen LogP) is 4.69. The van der Waals surface area contributed by atoms with Gasteiger partial charge in [0.15, 0.2) is 5.78 Å². The highest BCUT2D eigenvalue weighted by atomic mass is 16.1. The van der Waals surface area contributed by atoms with Crippen LogP contribution in [0.1, 0.15) is 48.2 Å². The van der Waals surface area contributed by atoms with E-state index in [-0.39, 0.29) is 23.5 Å². The molecule has 2 aromatic carbocycles. The second-order valence-corrected chi connectivity index (χ2v) is 6.39. The third-order valence-electron chi connectivity index (χ3n) is 4.32. The summed E-state index contributed by atoms with van der Waals surface area (Å²) in [7, 11) is 0. The topological polar surface area (TPSA) is 34.1 Å². The van der Waals surface area contributed by atoms with Gasteiger partial charge in [-0.15, -0.1) is 0 Å². The number of carbonyl (C=O) groups excluding carboxylic acids is 2. The highest BCUT2D eigenvalue weighted by Crippen LogP contribution is 2.29. The Hall–Kier alpha value is -2.22. The number of benzene rings is 2. The Kier molecular flexibility index (Phi) is 5.86. The summed E-state index contributed by atoms with van der Waals surface area (Å²) in [5.41, 5.74) is 2.94. The molecule has 0 aromatic heterocycles. The molecule has 0 N–H and O–H groups in total. The van der Waals surface area contributed by atoms with Crippen molar-refractivity contribution in [3.8, 4) is 0 Å². The van der Waals surface area contributed by atoms with Crippen LogP contribution in [0.4, 0.5) is 0 Å². The van der Waals surface area contributed by atoms with E-state index in [9.17, 15) is 9.59 Å². The van der Waals surface area contributed by atoms with Gasteiger partial charge >= 0.3 is 0 Å². The Bertz CT molecular complexity index is 659. The molecule has 2 atom stereocenters. The minimum Gasteiger partial charge on any atom is -0.303 e. The van der Waals surface area contributed by atoms with Gasteiger partial charge in [-0.05, 0) is 23.5 Å². The zero-order valence-corrected chi connectivity index (χ0v) is 14.0. The normalized spacial score (nSPS) is 13.6. The van der Waals surface area contributed by atoms with Crippen LogP contribution in [0.5, 0.6) is 0 Å². The fourth-order valence-electron chi connectivity index (χ4n) is 2.89. The zero-order valence-electron chi connectivity index (χ0n) is 14.0. The molecule has 0 spiro atoms. The van der Waals surface area contributed by atoms with Crippen LogP contribution < -0.4 is 0 Å². The van der Waals surface area contributed by atoms with Gasteiger partial charge in [-0.3, -0.25) is 4.79 Å². The van der Waals surface area contributed by atoms with Crippen LogP contribution in [0.15, 0.2) is 54.6 Å². The average Bonchev–Trinajstić information content (AvgIpc) is 2.59. The largest absolute Gasteiger partial charge is 0.303 e. The van der Waals surface area contributed by atoms with Crippen LogP contribution in [-0.2, 0) is 11.2 Å². The SMILES string of the molecule is CC(C)C(=O)c1ccccc1CC(c1ccccc1)C(C)C=O. The van der Waals surface area contributed by atoms with Gasteiger partial charge < -0.3 is 4.79 Å². The maximum absolute atomic E-state index is 12.5. The summed E-state index contributed by atoms with van der Waals surface area (Å²) in [6, 6.07) is 17.8. The number of hydrogen-bond acceptors (Lipinski definition) is 2. The lowest BCUT2D eigenvalue weighted by molar-refractivity contribution is -0.111. The number of hydrogen-bond donors (Lipinski definition) is 0. The van der Waals surface area contributed by atoms with Crippen molar-refractivity contribution in [3.63, 3.8) is 0 Å². The standard InChI is InChI=1S/C21H24O2/c1-15(2)21(23)19-12-8-7-11-18(19)13-20(16(3)14-22)17-9-5-4-6-10-17/h4-12,14-16,20H,13H2,1-3H3. The predicted molar refractivity (Wildman–Crippen MR) is 93.7 cm³/mol. The molecule has 2 unspecified atom stereocenters. The van der Waals surface area contributed by atoms with E-state index in [2.05, 4.69) is 12.1 Å². The third kappa shape index (κ3) is 4.16. The summed E-state index contributed by atoms with van der Waals surface area (Å²) in [6.45, 7) is 5.78. The zero-order chi connectivity index (χ0) is 16.8. The van der Waals surface area contributed by atoms with E-state index in [1.54, 1.807) is 0 Å². The Morgan fingerprint density at radius 2 is 1.57 bits per heavy atom. The quantitative estimate of drug-likeness (QED) is 0.549. The van der Waals surface area contributed by atoms with Crippen molar-refractivity contribution < 1.29 is 9.59 Å². The van der Waals surface area contributed by atoms with Gasteiger partial charge in [-0.2, -0.15) is 0 Å². The molecular weight excluding hydrogens is 284 g/mol. The minimum absolute atomic E-state index is 0.0326. The van der Waals surface area contributed by atoms with Crippen LogP contribution in [0.2, 0.25) is 0 Å². The Balaban J connectivity index is 2.38. The van der Waals surface area contributed by atoms with E-state index >= 15 is 0 Å². The second-order valence-electron chi connectivity index (χ2n) is 6.39. The fraction of sp³-hybridized carbons (Fsp3) is 0.333. The summed E-state index contributed by atoms with van der Waals surface area (Å²) in [4.78, 5) is 23.8. The lowest BCUT2D eigenvalue weighted by Gasteiger charge is -2.22. The Labute approximate surface area is 138 Å². The highest BCUT2D eigenvalue weighted by molar-refractivity contribution is 5.98. The first kappa shape index (κ1) is 17.1. The molecule has 2 rings (SSSR count). The average molecular weight is 308 g/mol. The first-order valence-electron chi connectivity index (χ1n) is 8.17. The number of Topliss-reactive ketones (excluding diaryl/α,β-unsaturated/α-hetero) is 1. The van der Waals surface area contributed by atoms with Crippen LogP contribution in [0.3, 0.4) is 0 Å². The third-order valence-corrected chi connectivity index (χ3v) is 4.32. The minimum atomic E-state index is -0.0976. The molecule has 0 fully saturated rings. The van der Waals surface area contributed by atoms with Crippen molar-refractivity contribution in [2.75, 3.05) is 0 Å². The van der Waals surface area contributed by atoms with E-state index in [4.69, 9.17) is 0 Å². The summed E-state index contributed by atoms with van der Waals surface area (Å²) in [5.74, 6) is 0.107. The maximum Gasteiger partial charge on any atom is 0.165 e. The van der Waals surface area contributed by atoms with Gasteiger partial charge in [0.25, 0.3) is 0 Å². The van der Waals surface area contributed by atoms with Gasteiger partial charge in [0.1, 0.15) is 6.29 Å². The van der Waals surface area contributed by atoms with Crippen LogP contribution >= 0.6 is 0 Å². The molecule has 0 aliphatic carbocycles. The van der Waals surface area contributed by atoms with Crippen molar-refractivity contribution in [1.29, 1.82) is 0 Å². The lowest BCUT2D eigenvalue weighted by Crippen LogP contribution is -2.17. The molecule has 2 aromatic rings. The number of rotatable bonds is 7. The molecule has 0 saturated heterocycles. The van der Waals surface area contributed by atoms with Crippen molar-refractivity contribution >= 4 is 12.1 Å². The van der Waals surface area contributed by atoms with Crippen molar-refractivity contribution in [1.82, 2.24) is 0 Å². The first-order chi connectivity index (χ1) is 11.0. The van der Waals surface area contributed by atoms with E-state index in [1.807, 2.05) is 63.2 Å². The van der Waals surface area contributed by atoms with Gasteiger partial charge in [0.05, 0.1) is 0 Å². The molecule has 0 aliphatic heterocycles. The molecule has 0 aliphatic rings. The number of carbonyl (C=O) groups is 2. The molecular formula is C21H24O2. The second kappa shape index (κ2) is 7.87. The molecule has 120 valence electrons. The summed E-state index contributed by atoms with van der Waals surface area (Å²) in [6.07, 6.45) is 1.70. The van der Waals surface area contributed by atoms with Crippen molar-refractivity contribution in [3.05, 3.63) is 71.3 Å². The Morgan fingerprint density at radius 1 is 0.957 bits per heavy atom. The molecule has 0 bridgehead atoms. The monoisotopic (exact) mass is 308 g/mol. The van der Waals surface area contributed by atoms with E-state index in [0.29, 0.717) is 6.42 Å². The fourth-order valence-corrected chi connectivity index (χ4v) is 2.89. The smallest absolute Gasteiger partial charge is 0.165 e. The molecule has 2 nitrogen and oxygen atoms in total. The highest BCUT2D eigenvalue weighted by Gasteiger charge is 2.22. The summed E-state index contributed by atoms with van der Waals surface area (Å²) < 4.78 is 0. The summed E-state index contributed by atoms with van der Waals surface area (Å²) in [5, 5.41) is 0. The van der Waals surface area contributed by atoms with E-state index < -0.39 is 0 Å². The Morgan fingerprint density at radius 3 is 2.17 bits per heavy atom. The molecule has 0 amide bonds. The number of ketones is 1. The van der Waals surface area contributed by atoms with Crippen molar-refractivity contribution in [2.24, 2.45) is 11.8 Å². The van der Waals surface area contributed by atoms with Gasteiger partial charge in [-0.25, -0.2) is 0 Å². The number of aldehydes is 1.